The number of nitrogens with zero attached hydrogens (tertiary/aromatic N) is 1. The van der Waals surface area contributed by atoms with E-state index in [2.05, 4.69) is 23.6 Å². The number of anilines is 2. The Balaban J connectivity index is 1.44. The fraction of sp³-hybridized carbons (Fsp3) is 0.333. The van der Waals surface area contributed by atoms with Gasteiger partial charge < -0.3 is 10.4 Å². The van der Waals surface area contributed by atoms with Crippen LogP contribution in [-0.2, 0) is 22.6 Å². The van der Waals surface area contributed by atoms with Gasteiger partial charge in [-0.05, 0) is 17.7 Å². The number of halogens is 2. The second-order valence-corrected chi connectivity index (χ2v) is 15.5. The molecule has 208 valence electrons. The minimum absolute atomic E-state index is 0.108. The first-order chi connectivity index (χ1) is 18.8. The number of benzene rings is 3. The van der Waals surface area contributed by atoms with E-state index in [1.807, 2.05) is 48.5 Å². The van der Waals surface area contributed by atoms with Crippen molar-refractivity contribution in [2.75, 3.05) is 33.6 Å². The van der Waals surface area contributed by atoms with Gasteiger partial charge in [0.1, 0.15) is 0 Å². The van der Waals surface area contributed by atoms with E-state index in [9.17, 15) is 14.7 Å². The average molecular weight is 664 g/mol. The molecule has 1 aliphatic heterocycles. The molecule has 1 aliphatic rings. The van der Waals surface area contributed by atoms with Crippen LogP contribution < -0.4 is 10.6 Å². The van der Waals surface area contributed by atoms with Gasteiger partial charge in [-0.2, -0.15) is 0 Å². The summed E-state index contributed by atoms with van der Waals surface area (Å²) in [6.07, 6.45) is 2.07. The Kier molecular flexibility index (Phi) is 10.6. The Morgan fingerprint density at radius 1 is 1.03 bits per heavy atom. The molecule has 2 amide bonds. The second kappa shape index (κ2) is 14.1. The summed E-state index contributed by atoms with van der Waals surface area (Å²) in [4.78, 5) is 30.2. The van der Waals surface area contributed by atoms with Gasteiger partial charge in [0.2, 0.25) is 0 Å². The molecule has 4 rings (SSSR count). The van der Waals surface area contributed by atoms with Gasteiger partial charge in [0.05, 0.1) is 17.3 Å². The molecule has 0 radical (unpaired) electrons. The van der Waals surface area contributed by atoms with Crippen LogP contribution in [0.5, 0.6) is 0 Å². The van der Waals surface area contributed by atoms with E-state index in [0.717, 1.165) is 42.6 Å². The number of alkyl halides is 2. The Bertz CT molecular complexity index is 1290. The van der Waals surface area contributed by atoms with Gasteiger partial charge in [-0.3, -0.25) is 4.79 Å². The first-order valence-electron chi connectivity index (χ1n) is 12.9. The first-order valence-corrected chi connectivity index (χ1v) is 18.6. The number of aliphatic hydroxyl groups excluding tert-OH is 1. The number of aliphatic hydroxyl groups is 1. The van der Waals surface area contributed by atoms with Crippen LogP contribution in [0.1, 0.15) is 30.4 Å². The molecule has 3 aromatic carbocycles. The van der Waals surface area contributed by atoms with Gasteiger partial charge in [-0.15, -0.1) is 0 Å². The molecule has 39 heavy (non-hydrogen) atoms. The Hall–Kier alpha value is -2.66. The number of hydrogen-bond acceptors (Lipinski definition) is 5. The Labute approximate surface area is 242 Å². The number of amides is 2. The predicted molar refractivity (Wildman–Crippen MR) is 167 cm³/mol. The van der Waals surface area contributed by atoms with Crippen molar-refractivity contribution in [2.24, 2.45) is 0 Å². The molecular weight excluding hydrogens is 629 g/mol. The molecular formula is C30H35ClIN3O4. The van der Waals surface area contributed by atoms with Gasteiger partial charge in [0.15, 0.2) is 0 Å². The zero-order chi connectivity index (χ0) is 27.8. The van der Waals surface area contributed by atoms with Crippen LogP contribution in [0.25, 0.3) is 11.1 Å². The van der Waals surface area contributed by atoms with Crippen molar-refractivity contribution in [2.45, 2.75) is 38.4 Å². The quantitative estimate of drug-likeness (QED) is 0.134. The molecule has 0 saturated carbocycles. The van der Waals surface area contributed by atoms with Gasteiger partial charge >= 0.3 is 176 Å². The van der Waals surface area contributed by atoms with Crippen molar-refractivity contribution in [3.63, 3.8) is 0 Å². The van der Waals surface area contributed by atoms with Crippen LogP contribution in [0.3, 0.4) is 0 Å². The van der Waals surface area contributed by atoms with Gasteiger partial charge in [0.25, 0.3) is 0 Å². The number of aryl methyl sites for hydroxylation is 1. The van der Waals surface area contributed by atoms with Gasteiger partial charge in [0, 0.05) is 0 Å². The number of rotatable bonds is 9. The molecule has 0 aromatic heterocycles. The zero-order valence-corrected chi connectivity index (χ0v) is 25.2. The SMILES string of the molecule is CI(C)N1CCCC(OC(=O)Nc2cc(CCC(=O)Nc3ccc(CO)cc3Cl)ccc2-c2ccccc2)C1. The maximum absolute atomic E-state index is 13.0. The van der Waals surface area contributed by atoms with Crippen LogP contribution in [-0.4, -0.2) is 49.3 Å². The molecule has 9 heteroatoms. The summed E-state index contributed by atoms with van der Waals surface area (Å²) in [5.41, 5.74) is 4.62. The third-order valence-corrected chi connectivity index (χ3v) is 10.5. The van der Waals surface area contributed by atoms with Crippen molar-refractivity contribution in [3.05, 3.63) is 82.9 Å². The third-order valence-electron chi connectivity index (χ3n) is 6.62. The number of hydrogen-bond donors (Lipinski definition) is 3. The van der Waals surface area contributed by atoms with E-state index in [0.29, 0.717) is 28.4 Å². The fourth-order valence-corrected chi connectivity index (χ4v) is 7.32. The molecule has 1 atom stereocenters. The number of carbonyl (C=O) groups excluding carboxylic acids is 2. The zero-order valence-electron chi connectivity index (χ0n) is 22.3. The topological polar surface area (TPSA) is 90.9 Å². The maximum atomic E-state index is 13.0. The van der Waals surface area contributed by atoms with E-state index in [4.69, 9.17) is 16.3 Å². The summed E-state index contributed by atoms with van der Waals surface area (Å²) in [5, 5.41) is 15.4. The normalized spacial score (nSPS) is 15.9. The molecule has 3 aromatic rings. The van der Waals surface area contributed by atoms with E-state index in [1.54, 1.807) is 18.2 Å². The number of piperidine rings is 1. The Morgan fingerprint density at radius 3 is 2.51 bits per heavy atom. The molecule has 1 fully saturated rings. The monoisotopic (exact) mass is 663 g/mol. The second-order valence-electron chi connectivity index (χ2n) is 9.65. The molecule has 1 heterocycles. The molecule has 7 nitrogen and oxygen atoms in total. The first kappa shape index (κ1) is 29.3. The molecule has 0 spiro atoms. The predicted octanol–water partition coefficient (Wildman–Crippen LogP) is 6.76. The Morgan fingerprint density at radius 2 is 1.79 bits per heavy atom. The summed E-state index contributed by atoms with van der Waals surface area (Å²) in [6, 6.07) is 20.8. The number of ether oxygens (including phenoxy) is 1. The molecule has 1 saturated heterocycles. The standard InChI is InChI=1S/C30H35ClIN3O4/c1-32(2)35-16-6-9-24(19-35)39-30(38)34-28-18-21(10-13-25(28)23-7-4-3-5-8-23)12-15-29(37)33-27-14-11-22(20-36)17-26(27)31/h3-5,7-8,10-11,13-14,17-18,24,36H,6,9,12,15-16,19-20H2,1-2H3,(H,33,37)(H,34,38). The summed E-state index contributed by atoms with van der Waals surface area (Å²) in [5.74, 6) is -0.175. The van der Waals surface area contributed by atoms with E-state index >= 15 is 0 Å². The van der Waals surface area contributed by atoms with Crippen molar-refractivity contribution in [1.82, 2.24) is 3.11 Å². The number of nitrogens with one attached hydrogen (secondary N) is 2. The van der Waals surface area contributed by atoms with Gasteiger partial charge in [-0.25, -0.2) is 0 Å². The van der Waals surface area contributed by atoms with E-state index in [-0.39, 0.29) is 25.0 Å². The van der Waals surface area contributed by atoms with Crippen LogP contribution >= 0.6 is 31.7 Å². The average Bonchev–Trinajstić information content (AvgIpc) is 2.93. The van der Waals surface area contributed by atoms with Crippen LogP contribution in [0.4, 0.5) is 16.2 Å². The minimum atomic E-state index is -1.11. The van der Waals surface area contributed by atoms with Crippen LogP contribution in [0, 0.1) is 0 Å². The molecule has 0 aliphatic carbocycles. The van der Waals surface area contributed by atoms with Crippen molar-refractivity contribution >= 4 is 55.1 Å². The van der Waals surface area contributed by atoms with Crippen LogP contribution in [0.2, 0.25) is 5.02 Å². The fourth-order valence-electron chi connectivity index (χ4n) is 4.54. The van der Waals surface area contributed by atoms with E-state index < -0.39 is 26.2 Å². The van der Waals surface area contributed by atoms with Crippen LogP contribution in [0.15, 0.2) is 66.7 Å². The van der Waals surface area contributed by atoms with Gasteiger partial charge in [-0.1, -0.05) is 17.7 Å². The van der Waals surface area contributed by atoms with Crippen molar-refractivity contribution in [3.8, 4) is 11.1 Å². The van der Waals surface area contributed by atoms with Crippen molar-refractivity contribution < 1.29 is 19.4 Å². The van der Waals surface area contributed by atoms with Crippen molar-refractivity contribution in [1.29, 1.82) is 0 Å². The molecule has 1 unspecified atom stereocenters. The summed E-state index contributed by atoms with van der Waals surface area (Å²) >= 11 is 5.12. The third kappa shape index (κ3) is 8.41. The number of carbonyl (C=O) groups is 2. The van der Waals surface area contributed by atoms with E-state index in [1.165, 1.54) is 0 Å². The summed E-state index contributed by atoms with van der Waals surface area (Å²) in [7, 11) is 0. The summed E-state index contributed by atoms with van der Waals surface area (Å²) < 4.78 is 8.33. The summed E-state index contributed by atoms with van der Waals surface area (Å²) in [6.45, 7) is 1.78. The molecule has 3 N–H and O–H groups in total. The molecule has 0 bridgehead atoms.